The van der Waals surface area contributed by atoms with Crippen LogP contribution in [0.15, 0.2) is 0 Å². The first-order valence-corrected chi connectivity index (χ1v) is 5.77. The van der Waals surface area contributed by atoms with Gasteiger partial charge < -0.3 is 20.6 Å². The molecule has 0 saturated carbocycles. The SMILES string of the molecule is CC(C)(C)N1CC(NC(=O)NCC(=O)O)CC1=O. The van der Waals surface area contributed by atoms with Gasteiger partial charge in [0, 0.05) is 18.5 Å². The molecule has 0 aromatic rings. The molecule has 0 bridgehead atoms. The maximum atomic E-state index is 11.7. The number of likely N-dealkylation sites (tertiary alicyclic amines) is 1. The van der Waals surface area contributed by atoms with Gasteiger partial charge in [-0.25, -0.2) is 4.79 Å². The van der Waals surface area contributed by atoms with E-state index in [1.807, 2.05) is 20.8 Å². The second-order valence-electron chi connectivity index (χ2n) is 5.30. The van der Waals surface area contributed by atoms with Gasteiger partial charge in [0.05, 0.1) is 6.04 Å². The van der Waals surface area contributed by atoms with Crippen molar-refractivity contribution in [1.29, 1.82) is 0 Å². The van der Waals surface area contributed by atoms with Gasteiger partial charge in [-0.2, -0.15) is 0 Å². The van der Waals surface area contributed by atoms with E-state index in [2.05, 4.69) is 10.6 Å². The highest BCUT2D eigenvalue weighted by Gasteiger charge is 2.36. The molecule has 0 spiro atoms. The average Bonchev–Trinajstić information content (AvgIpc) is 2.56. The molecule has 1 aliphatic heterocycles. The molecule has 0 aromatic carbocycles. The summed E-state index contributed by atoms with van der Waals surface area (Å²) in [5, 5.41) is 13.2. The predicted molar refractivity (Wildman–Crippen MR) is 64.0 cm³/mol. The zero-order valence-corrected chi connectivity index (χ0v) is 10.8. The lowest BCUT2D eigenvalue weighted by molar-refractivity contribution is -0.136. The Morgan fingerprint density at radius 3 is 2.50 bits per heavy atom. The molecule has 1 rings (SSSR count). The number of carboxylic acid groups (broad SMARTS) is 1. The molecule has 0 aliphatic carbocycles. The first kappa shape index (κ1) is 14.3. The molecule has 0 aromatic heterocycles. The van der Waals surface area contributed by atoms with E-state index < -0.39 is 18.5 Å². The summed E-state index contributed by atoms with van der Waals surface area (Å²) in [6.45, 7) is 5.80. The van der Waals surface area contributed by atoms with E-state index in [9.17, 15) is 14.4 Å². The monoisotopic (exact) mass is 257 g/mol. The first-order valence-electron chi connectivity index (χ1n) is 5.77. The van der Waals surface area contributed by atoms with Gasteiger partial charge in [0.25, 0.3) is 0 Å². The van der Waals surface area contributed by atoms with Crippen molar-refractivity contribution >= 4 is 17.9 Å². The Kier molecular flexibility index (Phi) is 4.15. The maximum Gasteiger partial charge on any atom is 0.323 e. The number of rotatable bonds is 3. The summed E-state index contributed by atoms with van der Waals surface area (Å²) in [6, 6.07) is -0.837. The number of aliphatic carboxylic acids is 1. The number of hydrogen-bond donors (Lipinski definition) is 3. The van der Waals surface area contributed by atoms with Gasteiger partial charge in [-0.05, 0) is 20.8 Å². The van der Waals surface area contributed by atoms with Gasteiger partial charge in [-0.15, -0.1) is 0 Å². The molecule has 0 radical (unpaired) electrons. The lowest BCUT2D eigenvalue weighted by Crippen LogP contribution is -2.47. The Labute approximate surface area is 106 Å². The third kappa shape index (κ3) is 3.90. The number of nitrogens with one attached hydrogen (secondary N) is 2. The zero-order valence-electron chi connectivity index (χ0n) is 10.8. The molecular weight excluding hydrogens is 238 g/mol. The summed E-state index contributed by atoms with van der Waals surface area (Å²) in [6.07, 6.45) is 0.248. The van der Waals surface area contributed by atoms with Gasteiger partial charge in [0.15, 0.2) is 0 Å². The second kappa shape index (κ2) is 5.24. The van der Waals surface area contributed by atoms with E-state index in [0.717, 1.165) is 0 Å². The van der Waals surface area contributed by atoms with E-state index in [1.165, 1.54) is 0 Å². The van der Waals surface area contributed by atoms with Crippen LogP contribution in [0.3, 0.4) is 0 Å². The Morgan fingerprint density at radius 2 is 2.06 bits per heavy atom. The molecule has 1 aliphatic rings. The van der Waals surface area contributed by atoms with Crippen molar-refractivity contribution in [2.45, 2.75) is 38.8 Å². The molecule has 3 amide bonds. The Hall–Kier alpha value is -1.79. The van der Waals surface area contributed by atoms with E-state index in [1.54, 1.807) is 4.90 Å². The van der Waals surface area contributed by atoms with Gasteiger partial charge in [-0.3, -0.25) is 9.59 Å². The van der Waals surface area contributed by atoms with Crippen molar-refractivity contribution in [3.05, 3.63) is 0 Å². The van der Waals surface area contributed by atoms with Crippen molar-refractivity contribution in [3.8, 4) is 0 Å². The number of urea groups is 1. The lowest BCUT2D eigenvalue weighted by Gasteiger charge is -2.32. The van der Waals surface area contributed by atoms with Crippen LogP contribution in [0.5, 0.6) is 0 Å². The van der Waals surface area contributed by atoms with Crippen molar-refractivity contribution in [2.75, 3.05) is 13.1 Å². The van der Waals surface area contributed by atoms with Crippen LogP contribution < -0.4 is 10.6 Å². The molecule has 7 nitrogen and oxygen atoms in total. The van der Waals surface area contributed by atoms with Crippen molar-refractivity contribution in [1.82, 2.24) is 15.5 Å². The van der Waals surface area contributed by atoms with E-state index in [-0.39, 0.29) is 23.9 Å². The van der Waals surface area contributed by atoms with Crippen LogP contribution in [-0.2, 0) is 9.59 Å². The van der Waals surface area contributed by atoms with Crippen molar-refractivity contribution < 1.29 is 19.5 Å². The third-order valence-electron chi connectivity index (χ3n) is 2.67. The molecule has 1 unspecified atom stereocenters. The van der Waals surface area contributed by atoms with E-state index in [4.69, 9.17) is 5.11 Å². The maximum absolute atomic E-state index is 11.7. The van der Waals surface area contributed by atoms with Crippen LogP contribution in [0, 0.1) is 0 Å². The highest BCUT2D eigenvalue weighted by molar-refractivity contribution is 5.83. The fourth-order valence-electron chi connectivity index (χ4n) is 1.84. The average molecular weight is 257 g/mol. The molecule has 18 heavy (non-hydrogen) atoms. The molecule has 1 fully saturated rings. The van der Waals surface area contributed by atoms with Crippen LogP contribution in [0.25, 0.3) is 0 Å². The van der Waals surface area contributed by atoms with Crippen molar-refractivity contribution in [3.63, 3.8) is 0 Å². The van der Waals surface area contributed by atoms with Crippen LogP contribution in [0.4, 0.5) is 4.79 Å². The summed E-state index contributed by atoms with van der Waals surface area (Å²) >= 11 is 0. The van der Waals surface area contributed by atoms with E-state index >= 15 is 0 Å². The normalized spacial score (nSPS) is 19.8. The van der Waals surface area contributed by atoms with Gasteiger partial charge >= 0.3 is 12.0 Å². The highest BCUT2D eigenvalue weighted by Crippen LogP contribution is 2.21. The summed E-state index contributed by atoms with van der Waals surface area (Å²) in [5.41, 5.74) is -0.273. The predicted octanol–water partition coefficient (Wildman–Crippen LogP) is -0.230. The van der Waals surface area contributed by atoms with Crippen LogP contribution in [0.2, 0.25) is 0 Å². The summed E-state index contributed by atoms with van der Waals surface area (Å²) < 4.78 is 0. The standard InChI is InChI=1S/C11H19N3O4/c1-11(2,3)14-6-7(4-8(14)15)13-10(18)12-5-9(16)17/h7H,4-6H2,1-3H3,(H,16,17)(H2,12,13,18). The minimum absolute atomic E-state index is 0.00830. The molecule has 7 heteroatoms. The highest BCUT2D eigenvalue weighted by atomic mass is 16.4. The molecule has 3 N–H and O–H groups in total. The Bertz CT molecular complexity index is 362. The molecular formula is C11H19N3O4. The Morgan fingerprint density at radius 1 is 1.44 bits per heavy atom. The minimum Gasteiger partial charge on any atom is -0.480 e. The lowest BCUT2D eigenvalue weighted by atomic mass is 10.1. The van der Waals surface area contributed by atoms with Gasteiger partial charge in [0.1, 0.15) is 6.54 Å². The number of carbonyl (C=O) groups is 3. The van der Waals surface area contributed by atoms with Gasteiger partial charge in [0.2, 0.25) is 5.91 Å². The summed E-state index contributed by atoms with van der Waals surface area (Å²) in [4.78, 5) is 35.1. The quantitative estimate of drug-likeness (QED) is 0.650. The summed E-state index contributed by atoms with van der Waals surface area (Å²) in [7, 11) is 0. The minimum atomic E-state index is -1.11. The zero-order chi connectivity index (χ0) is 13.9. The van der Waals surface area contributed by atoms with Gasteiger partial charge in [-0.1, -0.05) is 0 Å². The molecule has 1 atom stereocenters. The van der Waals surface area contributed by atoms with Crippen LogP contribution >= 0.6 is 0 Å². The molecule has 1 saturated heterocycles. The fourth-order valence-corrected chi connectivity index (χ4v) is 1.84. The number of carbonyl (C=O) groups excluding carboxylic acids is 2. The largest absolute Gasteiger partial charge is 0.480 e. The number of amides is 3. The summed E-state index contributed by atoms with van der Waals surface area (Å²) in [5.74, 6) is -1.12. The second-order valence-corrected chi connectivity index (χ2v) is 5.30. The number of hydrogen-bond acceptors (Lipinski definition) is 3. The third-order valence-corrected chi connectivity index (χ3v) is 2.67. The fraction of sp³-hybridized carbons (Fsp3) is 0.727. The smallest absolute Gasteiger partial charge is 0.323 e. The van der Waals surface area contributed by atoms with Crippen LogP contribution in [0.1, 0.15) is 27.2 Å². The molecule has 102 valence electrons. The first-order chi connectivity index (χ1) is 8.20. The number of nitrogens with zero attached hydrogens (tertiary/aromatic N) is 1. The van der Waals surface area contributed by atoms with Crippen molar-refractivity contribution in [2.24, 2.45) is 0 Å². The molecule has 1 heterocycles. The topological polar surface area (TPSA) is 98.7 Å². The van der Waals surface area contributed by atoms with E-state index in [0.29, 0.717) is 6.54 Å². The number of carboxylic acids is 1. The Balaban J connectivity index is 2.45. The van der Waals surface area contributed by atoms with Crippen LogP contribution in [-0.4, -0.2) is 52.6 Å².